The predicted molar refractivity (Wildman–Crippen MR) is 182 cm³/mol. The molecule has 13 heteroatoms. The van der Waals surface area contributed by atoms with Crippen molar-refractivity contribution < 1.29 is 9.53 Å². The molecule has 1 fully saturated rings. The summed E-state index contributed by atoms with van der Waals surface area (Å²) in [5.74, 6) is 1.15. The Morgan fingerprint density at radius 1 is 1.04 bits per heavy atom. The summed E-state index contributed by atoms with van der Waals surface area (Å²) in [5.41, 5.74) is 3.60. The molecule has 234 valence electrons. The number of aryl methyl sites for hydroxylation is 1. The highest BCUT2D eigenvalue weighted by molar-refractivity contribution is 7.09. The average molecular weight is 675 g/mol. The number of anilines is 2. The van der Waals surface area contributed by atoms with Crippen LogP contribution in [0.2, 0.25) is 10.0 Å². The van der Waals surface area contributed by atoms with E-state index in [2.05, 4.69) is 15.3 Å². The van der Waals surface area contributed by atoms with E-state index in [1.807, 2.05) is 48.8 Å². The lowest BCUT2D eigenvalue weighted by molar-refractivity contribution is 0.0790. The number of para-hydroxylation sites is 1. The normalized spacial score (nSPS) is 15.0. The zero-order valence-corrected chi connectivity index (χ0v) is 27.1. The number of benzene rings is 3. The van der Waals surface area contributed by atoms with Crippen molar-refractivity contribution in [3.8, 4) is 11.5 Å². The van der Waals surface area contributed by atoms with Crippen molar-refractivity contribution in [1.82, 2.24) is 29.4 Å². The summed E-state index contributed by atoms with van der Waals surface area (Å²) in [4.78, 5) is 45.2. The molecule has 3 aromatic carbocycles. The van der Waals surface area contributed by atoms with Crippen LogP contribution in [0.3, 0.4) is 0 Å². The summed E-state index contributed by atoms with van der Waals surface area (Å²) in [7, 11) is 1.82. The zero-order valence-electron chi connectivity index (χ0n) is 24.8. The van der Waals surface area contributed by atoms with Crippen LogP contribution >= 0.6 is 34.5 Å². The number of amides is 1. The lowest BCUT2D eigenvalue weighted by Gasteiger charge is -2.31. The van der Waals surface area contributed by atoms with Crippen LogP contribution in [0.1, 0.15) is 23.4 Å². The highest BCUT2D eigenvalue weighted by Gasteiger charge is 2.26. The molecule has 3 aromatic heterocycles. The Morgan fingerprint density at radius 2 is 1.83 bits per heavy atom. The molecule has 0 saturated carbocycles. The number of fused-ring (bicyclic) bond motifs is 3. The van der Waals surface area contributed by atoms with E-state index in [1.165, 1.54) is 11.3 Å². The number of carbonyl (C=O) groups is 1. The number of rotatable bonds is 7. The first-order valence-electron chi connectivity index (χ1n) is 14.8. The molecule has 1 aliphatic heterocycles. The molecule has 46 heavy (non-hydrogen) atoms. The van der Waals surface area contributed by atoms with Gasteiger partial charge in [0.2, 0.25) is 5.95 Å². The number of H-pyrrole nitrogens is 1. The third-order valence-corrected chi connectivity index (χ3v) is 9.65. The van der Waals surface area contributed by atoms with Crippen molar-refractivity contribution in [3.05, 3.63) is 97.0 Å². The van der Waals surface area contributed by atoms with E-state index in [0.717, 1.165) is 29.8 Å². The van der Waals surface area contributed by atoms with E-state index in [-0.39, 0.29) is 24.2 Å². The van der Waals surface area contributed by atoms with Gasteiger partial charge in [0.05, 0.1) is 42.7 Å². The minimum absolute atomic E-state index is 0.259. The number of ether oxygens (including phenoxy) is 1. The maximum absolute atomic E-state index is 13.5. The third-order valence-electron chi connectivity index (χ3n) is 8.14. The van der Waals surface area contributed by atoms with Crippen molar-refractivity contribution in [1.29, 1.82) is 0 Å². The predicted octanol–water partition coefficient (Wildman–Crippen LogP) is 7.58. The second-order valence-corrected chi connectivity index (χ2v) is 13.0. The second kappa shape index (κ2) is 12.7. The average Bonchev–Trinajstić information content (AvgIpc) is 3.66. The molecule has 10 nitrogen and oxygen atoms in total. The highest BCUT2D eigenvalue weighted by atomic mass is 35.5. The van der Waals surface area contributed by atoms with Crippen LogP contribution in [0, 0.1) is 5.92 Å². The van der Waals surface area contributed by atoms with Crippen LogP contribution in [0.4, 0.5) is 16.4 Å². The molecule has 1 atom stereocenters. The van der Waals surface area contributed by atoms with E-state index >= 15 is 0 Å². The maximum atomic E-state index is 13.5. The first-order chi connectivity index (χ1) is 22.3. The quantitative estimate of drug-likeness (QED) is 0.179. The largest absolute Gasteiger partial charge is 0.445 e. The molecule has 0 bridgehead atoms. The minimum Gasteiger partial charge on any atom is -0.445 e. The number of halogens is 2. The van der Waals surface area contributed by atoms with Gasteiger partial charge in [-0.05, 0) is 48.6 Å². The number of hydrogen-bond donors (Lipinski definition) is 2. The number of carbonyl (C=O) groups excluding carboxylic acids is 1. The van der Waals surface area contributed by atoms with Gasteiger partial charge in [-0.25, -0.2) is 19.7 Å². The first-order valence-corrected chi connectivity index (χ1v) is 16.5. The van der Waals surface area contributed by atoms with Crippen LogP contribution < -0.4 is 10.9 Å². The molecule has 1 saturated heterocycles. The Kier molecular flexibility index (Phi) is 8.37. The van der Waals surface area contributed by atoms with E-state index in [4.69, 9.17) is 37.9 Å². The number of nitrogens with zero attached hydrogens (tertiary/aromatic N) is 5. The van der Waals surface area contributed by atoms with E-state index in [0.29, 0.717) is 68.2 Å². The standard InChI is InChI=1S/C33H29Cl2N7O3S/c1-41-29-24(38-32(41)39-28-21(34)10-5-11-22(28)35)13-12-23-27(29)31(43)40-30(37-23)25-18-46-26(36-25)15-20-9-6-14-42(16-20)33(44)45-17-19-7-3-2-4-8-19/h2-5,7-8,10-13,18,20H,6,9,14-17H2,1H3,(H,38,39)(H,37,40,43). The molecular weight excluding hydrogens is 645 g/mol. The number of thiazole rings is 1. The molecule has 2 N–H and O–H groups in total. The zero-order chi connectivity index (χ0) is 31.8. The van der Waals surface area contributed by atoms with Gasteiger partial charge in [-0.1, -0.05) is 59.6 Å². The van der Waals surface area contributed by atoms with Crippen LogP contribution in [0.25, 0.3) is 33.5 Å². The molecular formula is C33H29Cl2N7O3S. The van der Waals surface area contributed by atoms with Gasteiger partial charge in [-0.15, -0.1) is 11.3 Å². The Morgan fingerprint density at radius 3 is 2.63 bits per heavy atom. The molecule has 1 unspecified atom stereocenters. The second-order valence-electron chi connectivity index (χ2n) is 11.3. The van der Waals surface area contributed by atoms with Gasteiger partial charge in [0.25, 0.3) is 5.56 Å². The number of hydrogen-bond acceptors (Lipinski definition) is 8. The Labute approximate surface area is 278 Å². The monoisotopic (exact) mass is 673 g/mol. The van der Waals surface area contributed by atoms with Gasteiger partial charge < -0.3 is 24.5 Å². The summed E-state index contributed by atoms with van der Waals surface area (Å²) < 4.78 is 7.35. The summed E-state index contributed by atoms with van der Waals surface area (Å²) in [6.45, 7) is 1.56. The summed E-state index contributed by atoms with van der Waals surface area (Å²) in [5, 5.41) is 7.37. The van der Waals surface area contributed by atoms with Crippen molar-refractivity contribution in [2.75, 3.05) is 18.4 Å². The number of aromatic amines is 1. The summed E-state index contributed by atoms with van der Waals surface area (Å²) >= 11 is 14.2. The fraction of sp³-hybridized carbons (Fsp3) is 0.242. The van der Waals surface area contributed by atoms with E-state index in [9.17, 15) is 9.59 Å². The maximum Gasteiger partial charge on any atom is 0.410 e. The molecule has 0 radical (unpaired) electrons. The molecule has 0 aliphatic carbocycles. The fourth-order valence-electron chi connectivity index (χ4n) is 5.86. The lowest BCUT2D eigenvalue weighted by Crippen LogP contribution is -2.40. The fourth-order valence-corrected chi connectivity index (χ4v) is 7.25. The van der Waals surface area contributed by atoms with Gasteiger partial charge in [0.1, 0.15) is 12.3 Å². The summed E-state index contributed by atoms with van der Waals surface area (Å²) in [6.07, 6.45) is 2.35. The molecule has 0 spiro atoms. The number of imidazole rings is 1. The van der Waals surface area contributed by atoms with Gasteiger partial charge in [-0.3, -0.25) is 4.79 Å². The Balaban J connectivity index is 1.08. The number of piperidine rings is 1. The molecule has 1 aliphatic rings. The minimum atomic E-state index is -0.289. The van der Waals surface area contributed by atoms with Crippen molar-refractivity contribution in [2.45, 2.75) is 25.9 Å². The van der Waals surface area contributed by atoms with Crippen LogP contribution in [-0.2, 0) is 24.8 Å². The van der Waals surface area contributed by atoms with Crippen LogP contribution in [0.15, 0.2) is 70.8 Å². The van der Waals surface area contributed by atoms with Crippen LogP contribution in [0.5, 0.6) is 0 Å². The first kappa shape index (κ1) is 30.2. The Bertz CT molecular complexity index is 2110. The third kappa shape index (κ3) is 6.05. The molecule has 6 aromatic rings. The lowest BCUT2D eigenvalue weighted by atomic mass is 9.95. The van der Waals surface area contributed by atoms with E-state index < -0.39 is 0 Å². The van der Waals surface area contributed by atoms with Crippen LogP contribution in [-0.4, -0.2) is 48.6 Å². The van der Waals surface area contributed by atoms with Crippen molar-refractivity contribution >= 4 is 74.2 Å². The Hall–Kier alpha value is -4.45. The van der Waals surface area contributed by atoms with Gasteiger partial charge >= 0.3 is 6.09 Å². The molecule has 4 heterocycles. The van der Waals surface area contributed by atoms with E-state index in [1.54, 1.807) is 33.7 Å². The van der Waals surface area contributed by atoms with Gasteiger partial charge in [0.15, 0.2) is 5.82 Å². The smallest absolute Gasteiger partial charge is 0.410 e. The number of likely N-dealkylation sites (tertiary alicyclic amines) is 1. The number of nitrogens with one attached hydrogen (secondary N) is 2. The molecule has 7 rings (SSSR count). The molecule has 1 amide bonds. The summed E-state index contributed by atoms with van der Waals surface area (Å²) in [6, 6.07) is 18.5. The van der Waals surface area contributed by atoms with Gasteiger partial charge in [0, 0.05) is 31.9 Å². The number of aromatic nitrogens is 5. The van der Waals surface area contributed by atoms with Crippen molar-refractivity contribution in [2.24, 2.45) is 13.0 Å². The highest BCUT2D eigenvalue weighted by Crippen LogP contribution is 2.34. The van der Waals surface area contributed by atoms with Crippen molar-refractivity contribution in [3.63, 3.8) is 0 Å². The topological polar surface area (TPSA) is 118 Å². The SMILES string of the molecule is Cn1c(Nc2c(Cl)cccc2Cl)nc2ccc3nc(-c4csc(CC5CCCN(C(=O)OCc6ccccc6)C5)n4)[nH]c(=O)c3c21. The van der Waals surface area contributed by atoms with Gasteiger partial charge in [-0.2, -0.15) is 0 Å².